The van der Waals surface area contributed by atoms with Crippen LogP contribution >= 0.6 is 0 Å². The third kappa shape index (κ3) is 3.37. The first kappa shape index (κ1) is 11.0. The van der Waals surface area contributed by atoms with Crippen LogP contribution in [-0.4, -0.2) is 0 Å². The molecule has 0 nitrogen and oxygen atoms in total. The van der Waals surface area contributed by atoms with E-state index in [1.807, 2.05) is 0 Å². The Morgan fingerprint density at radius 3 is 2.50 bits per heavy atom. The van der Waals surface area contributed by atoms with Gasteiger partial charge < -0.3 is 0 Å². The largest absolute Gasteiger partial charge is 0.0807 e. The zero-order valence-corrected chi connectivity index (χ0v) is 9.67. The number of hydrogen-bond acceptors (Lipinski definition) is 0. The summed E-state index contributed by atoms with van der Waals surface area (Å²) in [6.45, 7) is 8.62. The first-order valence-electron chi connectivity index (χ1n) is 5.26. The highest BCUT2D eigenvalue weighted by Gasteiger charge is 2.07. The quantitative estimate of drug-likeness (QED) is 0.563. The molecule has 0 spiro atoms. The molecule has 0 aromatic heterocycles. The van der Waals surface area contributed by atoms with Crippen LogP contribution in [0.3, 0.4) is 0 Å². The molecule has 0 N–H and O–H groups in total. The second-order valence-corrected chi connectivity index (χ2v) is 4.30. The molecule has 1 rings (SSSR count). The van der Waals surface area contributed by atoms with E-state index in [0.29, 0.717) is 5.92 Å². The third-order valence-electron chi connectivity index (χ3n) is 2.55. The standard InChI is InChI=1S/C14H20/c1-11(2)5-8-13(4)14-9-6-12(3)7-10-14/h5-9,14H,10H2,1-4H3. The minimum Gasteiger partial charge on any atom is -0.0807 e. The molecule has 1 unspecified atom stereocenters. The van der Waals surface area contributed by atoms with Crippen molar-refractivity contribution in [2.45, 2.75) is 34.1 Å². The maximum atomic E-state index is 2.31. The number of rotatable bonds is 2. The van der Waals surface area contributed by atoms with Crippen molar-refractivity contribution in [2.75, 3.05) is 0 Å². The van der Waals surface area contributed by atoms with E-state index < -0.39 is 0 Å². The molecule has 0 saturated carbocycles. The van der Waals surface area contributed by atoms with Gasteiger partial charge in [-0.25, -0.2) is 0 Å². The van der Waals surface area contributed by atoms with Gasteiger partial charge >= 0.3 is 0 Å². The van der Waals surface area contributed by atoms with E-state index in [0.717, 1.165) is 6.42 Å². The van der Waals surface area contributed by atoms with Crippen molar-refractivity contribution in [1.82, 2.24) is 0 Å². The molecule has 76 valence electrons. The molecule has 0 aliphatic heterocycles. The molecule has 0 aromatic rings. The Hall–Kier alpha value is -1.04. The maximum Gasteiger partial charge on any atom is 0.00150 e. The van der Waals surface area contributed by atoms with Gasteiger partial charge in [-0.2, -0.15) is 0 Å². The average Bonchev–Trinajstić information content (AvgIpc) is 2.15. The summed E-state index contributed by atoms with van der Waals surface area (Å²) in [5, 5.41) is 0. The maximum absolute atomic E-state index is 2.31. The van der Waals surface area contributed by atoms with Crippen LogP contribution in [0, 0.1) is 5.92 Å². The molecule has 1 aliphatic rings. The normalized spacial score (nSPS) is 21.9. The van der Waals surface area contributed by atoms with Crippen molar-refractivity contribution in [2.24, 2.45) is 5.92 Å². The predicted octanol–water partition coefficient (Wildman–Crippen LogP) is 4.42. The van der Waals surface area contributed by atoms with Crippen molar-refractivity contribution in [1.29, 1.82) is 0 Å². The molecule has 0 saturated heterocycles. The van der Waals surface area contributed by atoms with Crippen LogP contribution in [0.2, 0.25) is 0 Å². The number of hydrogen-bond donors (Lipinski definition) is 0. The highest BCUT2D eigenvalue weighted by molar-refractivity contribution is 5.28. The Balaban J connectivity index is 2.64. The summed E-state index contributed by atoms with van der Waals surface area (Å²) < 4.78 is 0. The number of allylic oxidation sites excluding steroid dienone is 8. The fraction of sp³-hybridized carbons (Fsp3) is 0.429. The van der Waals surface area contributed by atoms with Gasteiger partial charge in [-0.05, 0) is 34.1 Å². The molecular formula is C14H20. The molecular weight excluding hydrogens is 168 g/mol. The predicted molar refractivity (Wildman–Crippen MR) is 64.2 cm³/mol. The van der Waals surface area contributed by atoms with Gasteiger partial charge in [0.2, 0.25) is 0 Å². The minimum atomic E-state index is 0.606. The van der Waals surface area contributed by atoms with Crippen LogP contribution in [0.4, 0.5) is 0 Å². The van der Waals surface area contributed by atoms with E-state index in [4.69, 9.17) is 0 Å². The van der Waals surface area contributed by atoms with Gasteiger partial charge in [0.15, 0.2) is 0 Å². The van der Waals surface area contributed by atoms with Crippen molar-refractivity contribution in [3.8, 4) is 0 Å². The van der Waals surface area contributed by atoms with Crippen LogP contribution in [0.5, 0.6) is 0 Å². The molecule has 0 heteroatoms. The van der Waals surface area contributed by atoms with Gasteiger partial charge in [0.1, 0.15) is 0 Å². The van der Waals surface area contributed by atoms with Crippen LogP contribution in [-0.2, 0) is 0 Å². The molecule has 0 aromatic carbocycles. The zero-order chi connectivity index (χ0) is 10.6. The van der Waals surface area contributed by atoms with Gasteiger partial charge in [-0.15, -0.1) is 0 Å². The van der Waals surface area contributed by atoms with E-state index in [9.17, 15) is 0 Å². The van der Waals surface area contributed by atoms with Gasteiger partial charge in [0.05, 0.1) is 0 Å². The van der Waals surface area contributed by atoms with E-state index in [1.165, 1.54) is 16.7 Å². The average molecular weight is 188 g/mol. The van der Waals surface area contributed by atoms with Crippen LogP contribution in [0.15, 0.2) is 47.1 Å². The fourth-order valence-corrected chi connectivity index (χ4v) is 1.49. The van der Waals surface area contributed by atoms with Gasteiger partial charge in [-0.1, -0.05) is 47.1 Å². The highest BCUT2D eigenvalue weighted by Crippen LogP contribution is 2.23. The van der Waals surface area contributed by atoms with Crippen LogP contribution < -0.4 is 0 Å². The van der Waals surface area contributed by atoms with E-state index in [-0.39, 0.29) is 0 Å². The molecule has 0 fully saturated rings. The lowest BCUT2D eigenvalue weighted by Crippen LogP contribution is -2.00. The first-order chi connectivity index (χ1) is 6.59. The van der Waals surface area contributed by atoms with E-state index >= 15 is 0 Å². The lowest BCUT2D eigenvalue weighted by molar-refractivity contribution is 0.760. The van der Waals surface area contributed by atoms with Crippen LogP contribution in [0.25, 0.3) is 0 Å². The topological polar surface area (TPSA) is 0 Å². The molecule has 14 heavy (non-hydrogen) atoms. The summed E-state index contributed by atoms with van der Waals surface area (Å²) in [4.78, 5) is 0. The molecule has 0 radical (unpaired) electrons. The molecule has 0 heterocycles. The van der Waals surface area contributed by atoms with Crippen molar-refractivity contribution >= 4 is 0 Å². The van der Waals surface area contributed by atoms with Gasteiger partial charge in [0, 0.05) is 5.92 Å². The minimum absolute atomic E-state index is 0.606. The summed E-state index contributed by atoms with van der Waals surface area (Å²) in [5.74, 6) is 0.606. The third-order valence-corrected chi connectivity index (χ3v) is 2.55. The van der Waals surface area contributed by atoms with Crippen LogP contribution in [0.1, 0.15) is 34.1 Å². The Morgan fingerprint density at radius 1 is 1.29 bits per heavy atom. The summed E-state index contributed by atoms with van der Waals surface area (Å²) in [5.41, 5.74) is 4.19. The summed E-state index contributed by atoms with van der Waals surface area (Å²) in [6, 6.07) is 0. The lowest BCUT2D eigenvalue weighted by Gasteiger charge is -2.15. The smallest absolute Gasteiger partial charge is 0.00150 e. The molecule has 0 amide bonds. The lowest BCUT2D eigenvalue weighted by atomic mass is 9.91. The SMILES string of the molecule is CC(C)=CC=C(C)C1C=CC(C)=CC1. The Kier molecular flexibility index (Phi) is 3.94. The first-order valence-corrected chi connectivity index (χ1v) is 5.26. The molecule has 1 atom stereocenters. The zero-order valence-electron chi connectivity index (χ0n) is 9.67. The Labute approximate surface area is 87.7 Å². The van der Waals surface area contributed by atoms with Gasteiger partial charge in [0.25, 0.3) is 0 Å². The van der Waals surface area contributed by atoms with Crippen molar-refractivity contribution in [3.05, 3.63) is 47.1 Å². The Morgan fingerprint density at radius 2 is 2.00 bits per heavy atom. The monoisotopic (exact) mass is 188 g/mol. The van der Waals surface area contributed by atoms with Gasteiger partial charge in [-0.3, -0.25) is 0 Å². The summed E-state index contributed by atoms with van der Waals surface area (Å²) >= 11 is 0. The summed E-state index contributed by atoms with van der Waals surface area (Å²) in [6.07, 6.45) is 12.4. The highest BCUT2D eigenvalue weighted by atomic mass is 14.1. The second kappa shape index (κ2) is 4.99. The van der Waals surface area contributed by atoms with E-state index in [2.05, 4.69) is 58.1 Å². The van der Waals surface area contributed by atoms with Crippen molar-refractivity contribution < 1.29 is 0 Å². The summed E-state index contributed by atoms with van der Waals surface area (Å²) in [7, 11) is 0. The second-order valence-electron chi connectivity index (χ2n) is 4.30. The fourth-order valence-electron chi connectivity index (χ4n) is 1.49. The Bertz CT molecular complexity index is 307. The van der Waals surface area contributed by atoms with E-state index in [1.54, 1.807) is 0 Å². The molecule has 1 aliphatic carbocycles. The molecule has 0 bridgehead atoms. The van der Waals surface area contributed by atoms with Crippen molar-refractivity contribution in [3.63, 3.8) is 0 Å².